The molecule has 0 unspecified atom stereocenters. The van der Waals surface area contributed by atoms with E-state index in [1.165, 1.54) is 5.56 Å². The number of para-hydroxylation sites is 1. The Hall–Kier alpha value is -2.47. The van der Waals surface area contributed by atoms with Crippen molar-refractivity contribution >= 4 is 17.4 Å². The van der Waals surface area contributed by atoms with Crippen molar-refractivity contribution in [2.24, 2.45) is 0 Å². The number of piperazine rings is 1. The minimum Gasteiger partial charge on any atom is -0.354 e. The highest BCUT2D eigenvalue weighted by Gasteiger charge is 2.26. The number of rotatable bonds is 4. The third-order valence-corrected chi connectivity index (χ3v) is 5.71. The predicted octanol–water partition coefficient (Wildman–Crippen LogP) is 2.45. The second-order valence-corrected chi connectivity index (χ2v) is 7.66. The highest BCUT2D eigenvalue weighted by atomic mass is 16.2. The molecule has 1 amide bonds. The maximum atomic E-state index is 13.0. The van der Waals surface area contributed by atoms with Crippen LogP contribution in [-0.4, -0.2) is 60.0 Å². The van der Waals surface area contributed by atoms with Gasteiger partial charge < -0.3 is 9.80 Å². The average molecular weight is 380 g/mol. The number of aryl methyl sites for hydroxylation is 3. The topological polar surface area (TPSA) is 52.6 Å². The summed E-state index contributed by atoms with van der Waals surface area (Å²) in [5.41, 5.74) is 3.47. The number of carbonyl (C=O) groups is 1. The number of aromatic nitrogens is 2. The lowest BCUT2D eigenvalue weighted by atomic mass is 10.0. The maximum Gasteiger partial charge on any atom is 0.241 e. The van der Waals surface area contributed by atoms with Crippen LogP contribution in [0.25, 0.3) is 0 Å². The van der Waals surface area contributed by atoms with Gasteiger partial charge in [0.25, 0.3) is 0 Å². The largest absolute Gasteiger partial charge is 0.354 e. The molecule has 6 heteroatoms. The second-order valence-electron chi connectivity index (χ2n) is 7.66. The van der Waals surface area contributed by atoms with Crippen LogP contribution in [0.15, 0.2) is 30.3 Å². The molecule has 3 heterocycles. The minimum atomic E-state index is 0.215. The average Bonchev–Trinajstić information content (AvgIpc) is 2.73. The van der Waals surface area contributed by atoms with Gasteiger partial charge in [0.15, 0.2) is 0 Å². The van der Waals surface area contributed by atoms with E-state index in [9.17, 15) is 4.79 Å². The summed E-state index contributed by atoms with van der Waals surface area (Å²) in [7, 11) is 0. The number of anilines is 2. The summed E-state index contributed by atoms with van der Waals surface area (Å²) in [6.07, 6.45) is 3.03. The molecule has 28 heavy (non-hydrogen) atoms. The van der Waals surface area contributed by atoms with E-state index in [1.807, 2.05) is 17.9 Å². The first kappa shape index (κ1) is 18.9. The van der Waals surface area contributed by atoms with E-state index < -0.39 is 0 Å². The summed E-state index contributed by atoms with van der Waals surface area (Å²) in [5.74, 6) is 2.06. The van der Waals surface area contributed by atoms with E-state index in [2.05, 4.69) is 51.0 Å². The van der Waals surface area contributed by atoms with Gasteiger partial charge in [-0.1, -0.05) is 25.1 Å². The molecule has 1 aromatic heterocycles. The fourth-order valence-electron chi connectivity index (χ4n) is 4.16. The third-order valence-electron chi connectivity index (χ3n) is 5.71. The van der Waals surface area contributed by atoms with Gasteiger partial charge in [0.05, 0.1) is 6.54 Å². The fraction of sp³-hybridized carbons (Fsp3) is 0.500. The van der Waals surface area contributed by atoms with Crippen molar-refractivity contribution < 1.29 is 4.79 Å². The fourth-order valence-corrected chi connectivity index (χ4v) is 4.16. The van der Waals surface area contributed by atoms with Crippen LogP contribution in [0.3, 0.4) is 0 Å². The quantitative estimate of drug-likeness (QED) is 0.817. The molecular formula is C22H29N5O. The smallest absolute Gasteiger partial charge is 0.241 e. The van der Waals surface area contributed by atoms with E-state index >= 15 is 0 Å². The van der Waals surface area contributed by atoms with Crippen molar-refractivity contribution in [1.29, 1.82) is 0 Å². The molecule has 0 spiro atoms. The molecule has 2 aromatic rings. The van der Waals surface area contributed by atoms with Crippen LogP contribution in [0.4, 0.5) is 11.5 Å². The SMILES string of the molecule is CCc1cc(N2CCN(CC(=O)N3CCCc4ccccc43)CC2)nc(C)n1. The molecule has 0 aliphatic carbocycles. The van der Waals surface area contributed by atoms with Crippen LogP contribution in [0.1, 0.15) is 30.4 Å². The predicted molar refractivity (Wildman–Crippen MR) is 112 cm³/mol. The second kappa shape index (κ2) is 8.27. The summed E-state index contributed by atoms with van der Waals surface area (Å²) in [4.78, 5) is 28.6. The van der Waals surface area contributed by atoms with Gasteiger partial charge in [0, 0.05) is 50.2 Å². The Balaban J connectivity index is 1.36. The third kappa shape index (κ3) is 4.02. The van der Waals surface area contributed by atoms with Crippen LogP contribution < -0.4 is 9.80 Å². The summed E-state index contributed by atoms with van der Waals surface area (Å²) >= 11 is 0. The molecule has 4 rings (SSSR count). The molecule has 1 saturated heterocycles. The number of carbonyl (C=O) groups excluding carboxylic acids is 1. The highest BCUT2D eigenvalue weighted by molar-refractivity contribution is 5.96. The Labute approximate surface area is 167 Å². The number of nitrogens with zero attached hydrogens (tertiary/aromatic N) is 5. The number of amides is 1. The summed E-state index contributed by atoms with van der Waals surface area (Å²) in [6.45, 7) is 8.94. The van der Waals surface area contributed by atoms with Gasteiger partial charge >= 0.3 is 0 Å². The number of hydrogen-bond donors (Lipinski definition) is 0. The monoisotopic (exact) mass is 379 g/mol. The number of fused-ring (bicyclic) bond motifs is 1. The molecule has 1 fully saturated rings. The molecule has 0 saturated carbocycles. The molecule has 2 aliphatic rings. The molecule has 6 nitrogen and oxygen atoms in total. The first-order valence-electron chi connectivity index (χ1n) is 10.3. The standard InChI is InChI=1S/C22H29N5O/c1-3-19-15-21(24-17(2)23-19)26-13-11-25(12-14-26)16-22(28)27-10-6-8-18-7-4-5-9-20(18)27/h4-5,7,9,15H,3,6,8,10-14,16H2,1-2H3. The molecule has 1 aromatic carbocycles. The summed E-state index contributed by atoms with van der Waals surface area (Å²) < 4.78 is 0. The van der Waals surface area contributed by atoms with Crippen molar-refractivity contribution in [3.63, 3.8) is 0 Å². The van der Waals surface area contributed by atoms with E-state index in [1.54, 1.807) is 0 Å². The lowest BCUT2D eigenvalue weighted by Gasteiger charge is -2.37. The van der Waals surface area contributed by atoms with E-state index in [0.29, 0.717) is 6.54 Å². The van der Waals surface area contributed by atoms with Gasteiger partial charge in [0.1, 0.15) is 11.6 Å². The van der Waals surface area contributed by atoms with Crippen molar-refractivity contribution in [2.75, 3.05) is 49.1 Å². The first-order chi connectivity index (χ1) is 13.6. The molecule has 0 bridgehead atoms. The van der Waals surface area contributed by atoms with E-state index in [-0.39, 0.29) is 5.91 Å². The van der Waals surface area contributed by atoms with Crippen molar-refractivity contribution in [3.8, 4) is 0 Å². The van der Waals surface area contributed by atoms with Gasteiger partial charge in [0.2, 0.25) is 5.91 Å². The Bertz CT molecular complexity index is 845. The van der Waals surface area contributed by atoms with Gasteiger partial charge in [-0.05, 0) is 37.8 Å². The molecule has 0 radical (unpaired) electrons. The van der Waals surface area contributed by atoms with Crippen molar-refractivity contribution in [2.45, 2.75) is 33.1 Å². The van der Waals surface area contributed by atoms with Crippen molar-refractivity contribution in [3.05, 3.63) is 47.4 Å². The van der Waals surface area contributed by atoms with Crippen molar-refractivity contribution in [1.82, 2.24) is 14.9 Å². The molecule has 0 atom stereocenters. The maximum absolute atomic E-state index is 13.0. The number of hydrogen-bond acceptors (Lipinski definition) is 5. The lowest BCUT2D eigenvalue weighted by Crippen LogP contribution is -2.51. The summed E-state index contributed by atoms with van der Waals surface area (Å²) in [5, 5.41) is 0. The molecular weight excluding hydrogens is 350 g/mol. The van der Waals surface area contributed by atoms with E-state index in [4.69, 9.17) is 0 Å². The number of benzene rings is 1. The minimum absolute atomic E-state index is 0.215. The Morgan fingerprint density at radius 3 is 2.64 bits per heavy atom. The summed E-state index contributed by atoms with van der Waals surface area (Å²) in [6, 6.07) is 10.4. The van der Waals surface area contributed by atoms with Crippen LogP contribution >= 0.6 is 0 Å². The van der Waals surface area contributed by atoms with Gasteiger partial charge in [-0.25, -0.2) is 9.97 Å². The Morgan fingerprint density at radius 2 is 1.86 bits per heavy atom. The first-order valence-corrected chi connectivity index (χ1v) is 10.3. The molecule has 148 valence electrons. The van der Waals surface area contributed by atoms with Crippen LogP contribution in [0.2, 0.25) is 0 Å². The van der Waals surface area contributed by atoms with Crippen LogP contribution in [0.5, 0.6) is 0 Å². The Morgan fingerprint density at radius 1 is 1.07 bits per heavy atom. The van der Waals surface area contributed by atoms with Gasteiger partial charge in [-0.15, -0.1) is 0 Å². The molecule has 2 aliphatic heterocycles. The normalized spacial score (nSPS) is 17.5. The van der Waals surface area contributed by atoms with Crippen LogP contribution in [0, 0.1) is 6.92 Å². The zero-order valence-corrected chi connectivity index (χ0v) is 16.9. The van der Waals surface area contributed by atoms with Gasteiger partial charge in [-0.3, -0.25) is 9.69 Å². The zero-order chi connectivity index (χ0) is 19.5. The van der Waals surface area contributed by atoms with Crippen LogP contribution in [-0.2, 0) is 17.6 Å². The zero-order valence-electron chi connectivity index (χ0n) is 16.9. The lowest BCUT2D eigenvalue weighted by molar-refractivity contribution is -0.119. The Kier molecular flexibility index (Phi) is 5.57. The van der Waals surface area contributed by atoms with Gasteiger partial charge in [-0.2, -0.15) is 0 Å². The highest BCUT2D eigenvalue weighted by Crippen LogP contribution is 2.27. The molecule has 0 N–H and O–H groups in total. The van der Waals surface area contributed by atoms with E-state index in [0.717, 1.165) is 75.0 Å².